The van der Waals surface area contributed by atoms with E-state index in [4.69, 9.17) is 9.84 Å². The van der Waals surface area contributed by atoms with Gasteiger partial charge in [0.05, 0.1) is 0 Å². The molecule has 0 aliphatic rings. The van der Waals surface area contributed by atoms with Gasteiger partial charge in [-0.3, -0.25) is 9.59 Å². The van der Waals surface area contributed by atoms with E-state index in [0.29, 0.717) is 6.61 Å². The first-order chi connectivity index (χ1) is 14.1. The lowest BCUT2D eigenvalue weighted by Gasteiger charge is -2.08. The molecule has 3 aromatic rings. The molecule has 0 aliphatic heterocycles. The number of nitrogens with one attached hydrogen (secondary N) is 1. The lowest BCUT2D eigenvalue weighted by molar-refractivity contribution is -0.137. The van der Waals surface area contributed by atoms with Gasteiger partial charge in [0, 0.05) is 6.08 Å². The van der Waals surface area contributed by atoms with Crippen LogP contribution in [0.15, 0.2) is 84.9 Å². The Bertz CT molecular complexity index is 978. The molecule has 0 saturated heterocycles. The van der Waals surface area contributed by atoms with Crippen LogP contribution >= 0.6 is 0 Å². The monoisotopic (exact) mass is 387 g/mol. The van der Waals surface area contributed by atoms with E-state index >= 15 is 0 Å². The van der Waals surface area contributed by atoms with E-state index in [9.17, 15) is 9.59 Å². The third-order valence-electron chi connectivity index (χ3n) is 4.19. The van der Waals surface area contributed by atoms with E-state index in [1.807, 2.05) is 42.5 Å². The van der Waals surface area contributed by atoms with Gasteiger partial charge in [-0.05, 0) is 40.5 Å². The second-order valence-corrected chi connectivity index (χ2v) is 6.37. The molecule has 0 heterocycles. The summed E-state index contributed by atoms with van der Waals surface area (Å²) >= 11 is 0. The molecule has 29 heavy (non-hydrogen) atoms. The van der Waals surface area contributed by atoms with Crippen LogP contribution in [0.5, 0.6) is 5.75 Å². The SMILES string of the molecule is O=C(O)CNC(=O)C=Cc1ccc(OCc2ccc(-c3ccccc3)cc2)cc1. The standard InChI is InChI=1S/C24H21NO4/c26-23(25-16-24(27)28)15-10-18-8-13-22(14-9-18)29-17-19-6-11-21(12-7-19)20-4-2-1-3-5-20/h1-15H,16-17H2,(H,25,26)(H,27,28). The van der Waals surface area contributed by atoms with Gasteiger partial charge in [0.1, 0.15) is 18.9 Å². The molecule has 0 aliphatic carbocycles. The summed E-state index contributed by atoms with van der Waals surface area (Å²) in [7, 11) is 0. The van der Waals surface area contributed by atoms with E-state index in [1.165, 1.54) is 11.6 Å². The highest BCUT2D eigenvalue weighted by Crippen LogP contribution is 2.20. The summed E-state index contributed by atoms with van der Waals surface area (Å²) in [5.41, 5.74) is 4.23. The first kappa shape index (κ1) is 19.9. The van der Waals surface area contributed by atoms with E-state index in [-0.39, 0.29) is 0 Å². The van der Waals surface area contributed by atoms with Gasteiger partial charge < -0.3 is 15.2 Å². The summed E-state index contributed by atoms with van der Waals surface area (Å²) in [6.45, 7) is 0.0597. The van der Waals surface area contributed by atoms with Crippen LogP contribution in [0.3, 0.4) is 0 Å². The third kappa shape index (κ3) is 6.36. The fourth-order valence-corrected chi connectivity index (χ4v) is 2.66. The Labute approximate surface area is 169 Å². The van der Waals surface area contributed by atoms with Crippen molar-refractivity contribution in [3.8, 4) is 16.9 Å². The van der Waals surface area contributed by atoms with Gasteiger partial charge in [0.25, 0.3) is 0 Å². The van der Waals surface area contributed by atoms with Gasteiger partial charge in [0.2, 0.25) is 5.91 Å². The number of carboxylic acids is 1. The third-order valence-corrected chi connectivity index (χ3v) is 4.19. The zero-order valence-corrected chi connectivity index (χ0v) is 15.7. The van der Waals surface area contributed by atoms with Crippen molar-refractivity contribution in [2.24, 2.45) is 0 Å². The Hall–Kier alpha value is -3.86. The van der Waals surface area contributed by atoms with Crippen LogP contribution in [-0.2, 0) is 16.2 Å². The maximum atomic E-state index is 11.5. The van der Waals surface area contributed by atoms with Crippen molar-refractivity contribution in [3.63, 3.8) is 0 Å². The molecule has 0 aromatic heterocycles. The van der Waals surface area contributed by atoms with Gasteiger partial charge in [-0.2, -0.15) is 0 Å². The molecule has 0 bridgehead atoms. The molecule has 5 heteroatoms. The number of carbonyl (C=O) groups excluding carboxylic acids is 1. The normalized spacial score (nSPS) is 10.6. The molecule has 0 spiro atoms. The van der Waals surface area contributed by atoms with Gasteiger partial charge in [0.15, 0.2) is 0 Å². The maximum Gasteiger partial charge on any atom is 0.322 e. The number of carboxylic acid groups (broad SMARTS) is 1. The van der Waals surface area contributed by atoms with Crippen molar-refractivity contribution in [1.29, 1.82) is 0 Å². The molecular formula is C24H21NO4. The number of hydrogen-bond acceptors (Lipinski definition) is 3. The van der Waals surface area contributed by atoms with Crippen LogP contribution in [-0.4, -0.2) is 23.5 Å². The minimum absolute atomic E-state index is 0.401. The summed E-state index contributed by atoms with van der Waals surface area (Å²) in [6.07, 6.45) is 2.91. The number of rotatable bonds is 8. The Kier molecular flexibility index (Phi) is 6.79. The number of ether oxygens (including phenoxy) is 1. The molecule has 2 N–H and O–H groups in total. The van der Waals surface area contributed by atoms with E-state index < -0.39 is 18.4 Å². The fourth-order valence-electron chi connectivity index (χ4n) is 2.66. The Balaban J connectivity index is 1.51. The predicted octanol–water partition coefficient (Wildman–Crippen LogP) is 4.15. The minimum Gasteiger partial charge on any atom is -0.489 e. The first-order valence-electron chi connectivity index (χ1n) is 9.15. The van der Waals surface area contributed by atoms with E-state index in [1.54, 1.807) is 6.08 Å². The number of hydrogen-bond donors (Lipinski definition) is 2. The van der Waals surface area contributed by atoms with Crippen molar-refractivity contribution in [1.82, 2.24) is 5.32 Å². The smallest absolute Gasteiger partial charge is 0.322 e. The Morgan fingerprint density at radius 1 is 0.862 bits per heavy atom. The fraction of sp³-hybridized carbons (Fsp3) is 0.0833. The highest BCUT2D eigenvalue weighted by atomic mass is 16.5. The van der Waals surface area contributed by atoms with Gasteiger partial charge in [-0.1, -0.05) is 66.7 Å². The van der Waals surface area contributed by atoms with Crippen LogP contribution in [0.25, 0.3) is 17.2 Å². The van der Waals surface area contributed by atoms with Crippen LogP contribution in [0.4, 0.5) is 0 Å². The summed E-state index contributed by atoms with van der Waals surface area (Å²) in [6, 6.07) is 25.8. The van der Waals surface area contributed by atoms with Crippen molar-refractivity contribution in [2.75, 3.05) is 6.54 Å². The summed E-state index contributed by atoms with van der Waals surface area (Å²) in [5.74, 6) is -0.806. The molecule has 146 valence electrons. The van der Waals surface area contributed by atoms with Gasteiger partial charge in [-0.25, -0.2) is 0 Å². The van der Waals surface area contributed by atoms with Crippen LogP contribution in [0.1, 0.15) is 11.1 Å². The Morgan fingerprint density at radius 3 is 2.17 bits per heavy atom. The van der Waals surface area contributed by atoms with Crippen molar-refractivity contribution >= 4 is 18.0 Å². The largest absolute Gasteiger partial charge is 0.489 e. The molecule has 0 saturated carbocycles. The topological polar surface area (TPSA) is 75.6 Å². The summed E-state index contributed by atoms with van der Waals surface area (Å²) in [5, 5.41) is 10.8. The van der Waals surface area contributed by atoms with Gasteiger partial charge >= 0.3 is 5.97 Å². The van der Waals surface area contributed by atoms with Crippen LogP contribution < -0.4 is 10.1 Å². The average molecular weight is 387 g/mol. The molecule has 0 unspecified atom stereocenters. The summed E-state index contributed by atoms with van der Waals surface area (Å²) in [4.78, 5) is 21.9. The molecule has 1 amide bonds. The van der Waals surface area contributed by atoms with E-state index in [0.717, 1.165) is 22.4 Å². The van der Waals surface area contributed by atoms with Crippen molar-refractivity contribution in [2.45, 2.75) is 6.61 Å². The molecule has 0 atom stereocenters. The molecule has 3 rings (SSSR count). The summed E-state index contributed by atoms with van der Waals surface area (Å²) < 4.78 is 5.81. The molecule has 0 radical (unpaired) electrons. The number of benzene rings is 3. The van der Waals surface area contributed by atoms with Gasteiger partial charge in [-0.15, -0.1) is 0 Å². The molecule has 0 fully saturated rings. The highest BCUT2D eigenvalue weighted by Gasteiger charge is 2.01. The number of amides is 1. The van der Waals surface area contributed by atoms with Crippen molar-refractivity contribution < 1.29 is 19.4 Å². The lowest BCUT2D eigenvalue weighted by Crippen LogP contribution is -2.27. The maximum absolute atomic E-state index is 11.5. The number of aliphatic carboxylic acids is 1. The zero-order chi connectivity index (χ0) is 20.5. The predicted molar refractivity (Wildman–Crippen MR) is 112 cm³/mol. The zero-order valence-electron chi connectivity index (χ0n) is 15.7. The van der Waals surface area contributed by atoms with Crippen molar-refractivity contribution in [3.05, 3.63) is 96.1 Å². The minimum atomic E-state index is -1.08. The average Bonchev–Trinajstić information content (AvgIpc) is 2.76. The molecule has 5 nitrogen and oxygen atoms in total. The lowest BCUT2D eigenvalue weighted by atomic mass is 10.0. The van der Waals surface area contributed by atoms with Crippen LogP contribution in [0, 0.1) is 0 Å². The number of carbonyl (C=O) groups is 2. The highest BCUT2D eigenvalue weighted by molar-refractivity contribution is 5.93. The quantitative estimate of drug-likeness (QED) is 0.570. The van der Waals surface area contributed by atoms with Crippen LogP contribution in [0.2, 0.25) is 0 Å². The first-order valence-corrected chi connectivity index (χ1v) is 9.15. The van der Waals surface area contributed by atoms with E-state index in [2.05, 4.69) is 41.7 Å². The Morgan fingerprint density at radius 2 is 1.52 bits per heavy atom. The second-order valence-electron chi connectivity index (χ2n) is 6.37. The second kappa shape index (κ2) is 9.90. The molecule has 3 aromatic carbocycles. The molecular weight excluding hydrogens is 366 g/mol.